The first-order valence-corrected chi connectivity index (χ1v) is 4.54. The van der Waals surface area contributed by atoms with Crippen LogP contribution < -0.4 is 10.9 Å². The Morgan fingerprint density at radius 2 is 2.13 bits per heavy atom. The number of rotatable bonds is 4. The van der Waals surface area contributed by atoms with Crippen molar-refractivity contribution in [2.24, 2.45) is 7.05 Å². The monoisotopic (exact) mass is 213 g/mol. The molecule has 0 saturated carbocycles. The molecule has 0 bridgehead atoms. The SMILES string of the molecule is Cn1ccnc(NC(C)(CO)CO)c1=O. The minimum absolute atomic E-state index is 0.116. The van der Waals surface area contributed by atoms with Gasteiger partial charge in [-0.1, -0.05) is 0 Å². The number of anilines is 1. The minimum Gasteiger partial charge on any atom is -0.394 e. The van der Waals surface area contributed by atoms with E-state index in [-0.39, 0.29) is 24.6 Å². The van der Waals surface area contributed by atoms with Crippen LogP contribution in [0, 0.1) is 0 Å². The van der Waals surface area contributed by atoms with Crippen molar-refractivity contribution in [1.29, 1.82) is 0 Å². The van der Waals surface area contributed by atoms with E-state index in [9.17, 15) is 4.79 Å². The quantitative estimate of drug-likeness (QED) is 0.593. The van der Waals surface area contributed by atoms with E-state index in [4.69, 9.17) is 10.2 Å². The van der Waals surface area contributed by atoms with Crippen LogP contribution in [0.25, 0.3) is 0 Å². The van der Waals surface area contributed by atoms with E-state index in [0.29, 0.717) is 0 Å². The van der Waals surface area contributed by atoms with Crippen LogP contribution in [0.3, 0.4) is 0 Å². The van der Waals surface area contributed by atoms with Crippen molar-refractivity contribution in [2.75, 3.05) is 18.5 Å². The number of aliphatic hydroxyl groups excluding tert-OH is 2. The van der Waals surface area contributed by atoms with Gasteiger partial charge < -0.3 is 20.1 Å². The van der Waals surface area contributed by atoms with E-state index < -0.39 is 5.54 Å². The maximum absolute atomic E-state index is 11.6. The summed E-state index contributed by atoms with van der Waals surface area (Å²) in [6.45, 7) is 1.02. The first-order valence-electron chi connectivity index (χ1n) is 4.54. The largest absolute Gasteiger partial charge is 0.394 e. The van der Waals surface area contributed by atoms with Crippen LogP contribution in [-0.2, 0) is 7.05 Å². The zero-order valence-electron chi connectivity index (χ0n) is 8.77. The molecule has 0 radical (unpaired) electrons. The predicted octanol–water partition coefficient (Wildman–Crippen LogP) is -1.06. The third kappa shape index (κ3) is 2.54. The zero-order chi connectivity index (χ0) is 11.5. The second kappa shape index (κ2) is 4.41. The lowest BCUT2D eigenvalue weighted by molar-refractivity contribution is 0.147. The molecule has 6 heteroatoms. The molecule has 15 heavy (non-hydrogen) atoms. The fourth-order valence-corrected chi connectivity index (χ4v) is 0.998. The van der Waals surface area contributed by atoms with Crippen molar-refractivity contribution >= 4 is 5.82 Å². The second-order valence-corrected chi connectivity index (χ2v) is 3.69. The molecule has 1 rings (SSSR count). The van der Waals surface area contributed by atoms with Crippen molar-refractivity contribution in [2.45, 2.75) is 12.5 Å². The fraction of sp³-hybridized carbons (Fsp3) is 0.556. The first-order chi connectivity index (χ1) is 7.02. The van der Waals surface area contributed by atoms with Gasteiger partial charge in [-0.25, -0.2) is 4.98 Å². The number of aliphatic hydroxyl groups is 2. The standard InChI is InChI=1S/C9H15N3O3/c1-9(5-13,6-14)11-7-8(15)12(2)4-3-10-7/h3-4,13-14H,5-6H2,1-2H3,(H,10,11). The average Bonchev–Trinajstić information content (AvgIpc) is 2.25. The summed E-state index contributed by atoms with van der Waals surface area (Å²) in [5.74, 6) is 0.116. The van der Waals surface area contributed by atoms with Crippen LogP contribution in [0.15, 0.2) is 17.2 Å². The number of hydrogen-bond donors (Lipinski definition) is 3. The lowest BCUT2D eigenvalue weighted by atomic mass is 10.1. The molecule has 1 aromatic rings. The van der Waals surface area contributed by atoms with Gasteiger partial charge in [0.05, 0.1) is 18.8 Å². The predicted molar refractivity (Wildman–Crippen MR) is 55.7 cm³/mol. The van der Waals surface area contributed by atoms with Gasteiger partial charge in [-0.3, -0.25) is 4.79 Å². The molecule has 0 unspecified atom stereocenters. The van der Waals surface area contributed by atoms with Crippen molar-refractivity contribution in [3.05, 3.63) is 22.7 Å². The van der Waals surface area contributed by atoms with Gasteiger partial charge in [0.1, 0.15) is 0 Å². The van der Waals surface area contributed by atoms with Gasteiger partial charge in [0, 0.05) is 19.4 Å². The lowest BCUT2D eigenvalue weighted by Gasteiger charge is -2.26. The highest BCUT2D eigenvalue weighted by atomic mass is 16.3. The Balaban J connectivity index is 2.99. The summed E-state index contributed by atoms with van der Waals surface area (Å²) in [5.41, 5.74) is -1.24. The Bertz CT molecular complexity index is 384. The molecule has 0 atom stereocenters. The molecule has 84 valence electrons. The summed E-state index contributed by atoms with van der Waals surface area (Å²) in [6.07, 6.45) is 3.00. The Morgan fingerprint density at radius 3 is 2.67 bits per heavy atom. The summed E-state index contributed by atoms with van der Waals surface area (Å²) in [5, 5.41) is 20.8. The van der Waals surface area contributed by atoms with Crippen LogP contribution >= 0.6 is 0 Å². The van der Waals surface area contributed by atoms with Crippen molar-refractivity contribution in [3.63, 3.8) is 0 Å². The van der Waals surface area contributed by atoms with E-state index in [0.717, 1.165) is 0 Å². The normalized spacial score (nSPS) is 11.5. The van der Waals surface area contributed by atoms with E-state index in [1.807, 2.05) is 0 Å². The third-order valence-electron chi connectivity index (χ3n) is 2.13. The van der Waals surface area contributed by atoms with Gasteiger partial charge in [-0.2, -0.15) is 0 Å². The topological polar surface area (TPSA) is 87.4 Å². The van der Waals surface area contributed by atoms with E-state index in [2.05, 4.69) is 10.3 Å². The van der Waals surface area contributed by atoms with Crippen LogP contribution in [0.2, 0.25) is 0 Å². The molecule has 0 amide bonds. The molecule has 0 spiro atoms. The molecule has 6 nitrogen and oxygen atoms in total. The molecule has 1 heterocycles. The van der Waals surface area contributed by atoms with Crippen LogP contribution in [-0.4, -0.2) is 38.5 Å². The molecule has 1 aromatic heterocycles. The number of aromatic nitrogens is 2. The maximum Gasteiger partial charge on any atom is 0.293 e. The maximum atomic E-state index is 11.6. The van der Waals surface area contributed by atoms with Crippen LogP contribution in [0.5, 0.6) is 0 Å². The lowest BCUT2D eigenvalue weighted by Crippen LogP contribution is -2.44. The molecule has 0 saturated heterocycles. The van der Waals surface area contributed by atoms with Crippen molar-refractivity contribution < 1.29 is 10.2 Å². The number of nitrogens with zero attached hydrogens (tertiary/aromatic N) is 2. The molecular formula is C9H15N3O3. The van der Waals surface area contributed by atoms with E-state index in [1.54, 1.807) is 14.0 Å². The van der Waals surface area contributed by atoms with E-state index in [1.165, 1.54) is 17.0 Å². The van der Waals surface area contributed by atoms with Crippen LogP contribution in [0.1, 0.15) is 6.92 Å². The highest BCUT2D eigenvalue weighted by molar-refractivity contribution is 5.34. The summed E-state index contributed by atoms with van der Waals surface area (Å²) in [4.78, 5) is 15.4. The van der Waals surface area contributed by atoms with E-state index >= 15 is 0 Å². The fourth-order valence-electron chi connectivity index (χ4n) is 0.998. The van der Waals surface area contributed by atoms with Gasteiger partial charge >= 0.3 is 0 Å². The van der Waals surface area contributed by atoms with Crippen LogP contribution in [0.4, 0.5) is 5.82 Å². The molecule has 0 aromatic carbocycles. The number of hydrogen-bond acceptors (Lipinski definition) is 5. The van der Waals surface area contributed by atoms with Gasteiger partial charge in [-0.15, -0.1) is 0 Å². The van der Waals surface area contributed by atoms with Gasteiger partial charge in [0.2, 0.25) is 0 Å². The van der Waals surface area contributed by atoms with Gasteiger partial charge in [0.25, 0.3) is 5.56 Å². The summed E-state index contributed by atoms with van der Waals surface area (Å²) in [7, 11) is 1.60. The number of aryl methyl sites for hydroxylation is 1. The summed E-state index contributed by atoms with van der Waals surface area (Å²) in [6, 6.07) is 0. The number of nitrogens with one attached hydrogen (secondary N) is 1. The molecule has 0 aliphatic heterocycles. The molecule has 3 N–H and O–H groups in total. The minimum atomic E-state index is -0.944. The van der Waals surface area contributed by atoms with Gasteiger partial charge in [0.15, 0.2) is 5.82 Å². The first kappa shape index (κ1) is 11.7. The highest BCUT2D eigenvalue weighted by Crippen LogP contribution is 2.07. The Labute approximate surface area is 87.2 Å². The molecule has 0 aliphatic carbocycles. The Kier molecular flexibility index (Phi) is 3.43. The summed E-state index contributed by atoms with van der Waals surface area (Å²) >= 11 is 0. The summed E-state index contributed by atoms with van der Waals surface area (Å²) < 4.78 is 1.37. The third-order valence-corrected chi connectivity index (χ3v) is 2.13. The smallest absolute Gasteiger partial charge is 0.293 e. The Hall–Kier alpha value is -1.40. The molecular weight excluding hydrogens is 198 g/mol. The van der Waals surface area contributed by atoms with Crippen molar-refractivity contribution in [1.82, 2.24) is 9.55 Å². The van der Waals surface area contributed by atoms with Crippen molar-refractivity contribution in [3.8, 4) is 0 Å². The average molecular weight is 213 g/mol. The Morgan fingerprint density at radius 1 is 1.53 bits per heavy atom. The second-order valence-electron chi connectivity index (χ2n) is 3.69. The zero-order valence-corrected chi connectivity index (χ0v) is 8.77. The van der Waals surface area contributed by atoms with Gasteiger partial charge in [-0.05, 0) is 6.92 Å². The molecule has 0 aliphatic rings. The highest BCUT2D eigenvalue weighted by Gasteiger charge is 2.23. The molecule has 0 fully saturated rings.